The predicted octanol–water partition coefficient (Wildman–Crippen LogP) is 5.13. The van der Waals surface area contributed by atoms with Crippen molar-refractivity contribution in [2.45, 2.75) is 103 Å². The second-order valence-corrected chi connectivity index (χ2v) is 11.7. The van der Waals surface area contributed by atoms with Gasteiger partial charge in [-0.1, -0.05) is 19.8 Å². The zero-order chi connectivity index (χ0) is 21.6. The fourth-order valence-corrected chi connectivity index (χ4v) is 8.58. The molecule has 4 aliphatic rings. The number of carbonyl (C=O) groups is 1. The zero-order valence-corrected chi connectivity index (χ0v) is 19.4. The van der Waals surface area contributed by atoms with Gasteiger partial charge in [-0.2, -0.15) is 0 Å². The minimum absolute atomic E-state index is 0.224. The molecule has 0 radical (unpaired) electrons. The summed E-state index contributed by atoms with van der Waals surface area (Å²) in [5, 5.41) is 20.1. The highest BCUT2D eigenvalue weighted by Gasteiger charge is 2.61. The second kappa shape index (κ2) is 8.25. The van der Waals surface area contributed by atoms with Crippen molar-refractivity contribution >= 4 is 5.78 Å². The summed E-state index contributed by atoms with van der Waals surface area (Å²) in [6, 6.07) is 0. The molecule has 0 aromatic rings. The molecule has 0 bridgehead atoms. The average molecular weight is 415 g/mol. The first kappa shape index (κ1) is 22.3. The molecule has 3 nitrogen and oxygen atoms in total. The minimum atomic E-state index is -0.813. The number of aliphatic hydroxyl groups is 2. The van der Waals surface area contributed by atoms with Crippen LogP contribution >= 0.6 is 0 Å². The second-order valence-electron chi connectivity index (χ2n) is 11.7. The number of hydrogen-bond donors (Lipinski definition) is 2. The average Bonchev–Trinajstić information content (AvgIpc) is 3.06. The fraction of sp³-hybridized carbons (Fsp3) is 0.889. The maximum Gasteiger partial charge on any atom is 0.133 e. The van der Waals surface area contributed by atoms with Gasteiger partial charge in [0, 0.05) is 18.9 Å². The number of rotatable bonds is 4. The van der Waals surface area contributed by atoms with E-state index >= 15 is 0 Å². The van der Waals surface area contributed by atoms with Crippen molar-refractivity contribution in [2.24, 2.45) is 40.4 Å². The number of carbonyl (C=O) groups excluding carboxylic acids is 1. The third-order valence-electron chi connectivity index (χ3n) is 10.2. The molecule has 4 fully saturated rings. The summed E-state index contributed by atoms with van der Waals surface area (Å²) in [5.74, 6) is 9.93. The van der Waals surface area contributed by atoms with Crippen LogP contribution in [0.1, 0.15) is 97.8 Å². The summed E-state index contributed by atoms with van der Waals surface area (Å²) < 4.78 is 0. The van der Waals surface area contributed by atoms with E-state index in [1.54, 1.807) is 0 Å². The van der Waals surface area contributed by atoms with Crippen molar-refractivity contribution in [2.75, 3.05) is 6.61 Å². The standard InChI is InChI=1S/C27H42O3/c1-19(29)22-10-11-23-21-9-8-20-18-27(30,13-6-4-5-7-17-28)16-15-25(20,2)24(21)12-14-26(22,23)3/h20-24,28,30H,4-5,7-12,14-18H2,1-3H3/t20-,21+,22-,23+,24+,25+,26-,27-/m1/s1. The van der Waals surface area contributed by atoms with Gasteiger partial charge in [-0.15, -0.1) is 5.92 Å². The van der Waals surface area contributed by atoms with Crippen LogP contribution in [-0.4, -0.2) is 28.2 Å². The number of Topliss-reactive ketones (excluding diaryl/α,β-unsaturated/α-hetero) is 1. The van der Waals surface area contributed by atoms with Crippen LogP contribution < -0.4 is 0 Å². The number of unbranched alkanes of at least 4 members (excludes halogenated alkanes) is 2. The number of fused-ring (bicyclic) bond motifs is 5. The van der Waals surface area contributed by atoms with Crippen molar-refractivity contribution in [1.82, 2.24) is 0 Å². The van der Waals surface area contributed by atoms with Crippen molar-refractivity contribution in [3.63, 3.8) is 0 Å². The molecule has 168 valence electrons. The molecule has 3 heteroatoms. The maximum atomic E-state index is 12.3. The number of ketones is 1. The first-order valence-electron chi connectivity index (χ1n) is 12.6. The molecule has 0 saturated heterocycles. The summed E-state index contributed by atoms with van der Waals surface area (Å²) in [4.78, 5) is 12.3. The Balaban J connectivity index is 1.47. The van der Waals surface area contributed by atoms with Crippen LogP contribution in [0, 0.1) is 52.3 Å². The molecule has 4 rings (SSSR count). The van der Waals surface area contributed by atoms with E-state index in [9.17, 15) is 9.90 Å². The minimum Gasteiger partial charge on any atom is -0.396 e. The monoisotopic (exact) mass is 414 g/mol. The summed E-state index contributed by atoms with van der Waals surface area (Å²) >= 11 is 0. The Bertz CT molecular complexity index is 719. The molecule has 0 aromatic heterocycles. The van der Waals surface area contributed by atoms with Crippen LogP contribution in [0.15, 0.2) is 0 Å². The molecule has 0 unspecified atom stereocenters. The van der Waals surface area contributed by atoms with Crippen LogP contribution in [0.5, 0.6) is 0 Å². The topological polar surface area (TPSA) is 57.5 Å². The molecule has 0 aliphatic heterocycles. The number of aliphatic hydroxyl groups excluding tert-OH is 1. The molecule has 0 heterocycles. The van der Waals surface area contributed by atoms with Gasteiger partial charge in [0.25, 0.3) is 0 Å². The van der Waals surface area contributed by atoms with Gasteiger partial charge in [0.2, 0.25) is 0 Å². The Morgan fingerprint density at radius 1 is 0.967 bits per heavy atom. The van der Waals surface area contributed by atoms with Gasteiger partial charge in [0.1, 0.15) is 11.4 Å². The lowest BCUT2D eigenvalue weighted by Gasteiger charge is -2.61. The highest BCUT2D eigenvalue weighted by molar-refractivity contribution is 5.79. The third kappa shape index (κ3) is 3.67. The van der Waals surface area contributed by atoms with Gasteiger partial charge in [0.15, 0.2) is 0 Å². The molecular weight excluding hydrogens is 372 g/mol. The molecular formula is C27H42O3. The highest BCUT2D eigenvalue weighted by atomic mass is 16.3. The Labute approximate surface area is 183 Å². The summed E-state index contributed by atoms with van der Waals surface area (Å²) in [5.41, 5.74) is -0.262. The van der Waals surface area contributed by atoms with E-state index in [2.05, 4.69) is 25.7 Å². The number of hydrogen-bond acceptors (Lipinski definition) is 3. The zero-order valence-electron chi connectivity index (χ0n) is 19.4. The maximum absolute atomic E-state index is 12.3. The summed E-state index contributed by atoms with van der Waals surface area (Å²) in [7, 11) is 0. The van der Waals surface area contributed by atoms with E-state index in [-0.39, 0.29) is 17.9 Å². The van der Waals surface area contributed by atoms with E-state index in [4.69, 9.17) is 5.11 Å². The lowest BCUT2D eigenvalue weighted by atomic mass is 9.44. The van der Waals surface area contributed by atoms with Crippen LogP contribution in [0.4, 0.5) is 0 Å². The first-order chi connectivity index (χ1) is 14.2. The van der Waals surface area contributed by atoms with E-state index in [1.807, 2.05) is 6.92 Å². The molecule has 4 saturated carbocycles. The van der Waals surface area contributed by atoms with E-state index in [0.29, 0.717) is 17.1 Å². The van der Waals surface area contributed by atoms with Gasteiger partial charge in [-0.25, -0.2) is 0 Å². The Morgan fingerprint density at radius 3 is 2.47 bits per heavy atom. The molecule has 0 spiro atoms. The van der Waals surface area contributed by atoms with Crippen molar-refractivity contribution in [1.29, 1.82) is 0 Å². The van der Waals surface area contributed by atoms with E-state index in [1.165, 1.54) is 32.1 Å². The van der Waals surface area contributed by atoms with Crippen LogP contribution in [-0.2, 0) is 4.79 Å². The summed E-state index contributed by atoms with van der Waals surface area (Å²) in [6.45, 7) is 6.98. The highest BCUT2D eigenvalue weighted by Crippen LogP contribution is 2.68. The molecule has 0 aromatic carbocycles. The lowest BCUT2D eigenvalue weighted by Crippen LogP contribution is -2.56. The molecule has 0 amide bonds. The van der Waals surface area contributed by atoms with Gasteiger partial charge >= 0.3 is 0 Å². The van der Waals surface area contributed by atoms with Gasteiger partial charge in [-0.3, -0.25) is 4.79 Å². The molecule has 8 atom stereocenters. The predicted molar refractivity (Wildman–Crippen MR) is 120 cm³/mol. The van der Waals surface area contributed by atoms with E-state index in [0.717, 1.165) is 62.7 Å². The molecule has 2 N–H and O–H groups in total. The van der Waals surface area contributed by atoms with Gasteiger partial charge in [-0.05, 0) is 112 Å². The van der Waals surface area contributed by atoms with E-state index < -0.39 is 5.60 Å². The van der Waals surface area contributed by atoms with Crippen LogP contribution in [0.2, 0.25) is 0 Å². The first-order valence-corrected chi connectivity index (χ1v) is 12.6. The SMILES string of the molecule is CC(=O)[C@H]1CC[C@H]2[C@@H]3CC[C@@H]4C[C@@](O)(C#CCCCCO)CC[C@]4(C)[C@H]3CC[C@]12C. The fourth-order valence-electron chi connectivity index (χ4n) is 8.58. The Kier molecular flexibility index (Phi) is 6.15. The lowest BCUT2D eigenvalue weighted by molar-refractivity contribution is -0.144. The summed E-state index contributed by atoms with van der Waals surface area (Å²) in [6.07, 6.45) is 12.5. The van der Waals surface area contributed by atoms with Crippen molar-refractivity contribution in [3.05, 3.63) is 0 Å². The van der Waals surface area contributed by atoms with Crippen molar-refractivity contribution < 1.29 is 15.0 Å². The Hall–Kier alpha value is -0.850. The van der Waals surface area contributed by atoms with Crippen LogP contribution in [0.3, 0.4) is 0 Å². The van der Waals surface area contributed by atoms with Crippen LogP contribution in [0.25, 0.3) is 0 Å². The smallest absolute Gasteiger partial charge is 0.133 e. The van der Waals surface area contributed by atoms with Gasteiger partial charge < -0.3 is 10.2 Å². The van der Waals surface area contributed by atoms with Gasteiger partial charge in [0.05, 0.1) is 0 Å². The normalized spacial score (nSPS) is 47.4. The molecule has 30 heavy (non-hydrogen) atoms. The largest absolute Gasteiger partial charge is 0.396 e. The van der Waals surface area contributed by atoms with Crippen molar-refractivity contribution in [3.8, 4) is 11.8 Å². The third-order valence-corrected chi connectivity index (χ3v) is 10.2. The Morgan fingerprint density at radius 2 is 1.73 bits per heavy atom. The molecule has 4 aliphatic carbocycles. The quantitative estimate of drug-likeness (QED) is 0.495.